The number of aliphatic hydroxyl groups is 1. The van der Waals surface area contributed by atoms with Crippen LogP contribution in [0.2, 0.25) is 4.47 Å². The van der Waals surface area contributed by atoms with Crippen molar-refractivity contribution in [2.45, 2.75) is 23.2 Å². The summed E-state index contributed by atoms with van der Waals surface area (Å²) in [5, 5.41) is 9.54. The Morgan fingerprint density at radius 1 is 1.69 bits per heavy atom. The molecule has 1 aromatic heterocycles. The zero-order chi connectivity index (χ0) is 11.8. The van der Waals surface area contributed by atoms with E-state index in [9.17, 15) is 13.5 Å². The highest BCUT2D eigenvalue weighted by molar-refractivity contribution is 7.91. The first-order valence-corrected chi connectivity index (χ1v) is 7.46. The first-order chi connectivity index (χ1) is 7.49. The molecule has 0 bridgehead atoms. The molecule has 0 radical (unpaired) electrons. The Morgan fingerprint density at radius 3 is 2.88 bits per heavy atom. The minimum absolute atomic E-state index is 0.0442. The molecule has 1 saturated carbocycles. The van der Waals surface area contributed by atoms with Gasteiger partial charge in [0.1, 0.15) is 0 Å². The lowest BCUT2D eigenvalue weighted by Gasteiger charge is -2.09. The maximum Gasteiger partial charge on any atom is 0.251 e. The van der Waals surface area contributed by atoms with Gasteiger partial charge >= 0.3 is 0 Å². The summed E-state index contributed by atoms with van der Waals surface area (Å²) in [6.45, 7) is 0.0442. The maximum atomic E-state index is 11.7. The van der Waals surface area contributed by atoms with Gasteiger partial charge < -0.3 is 5.11 Å². The van der Waals surface area contributed by atoms with E-state index in [0.29, 0.717) is 0 Å². The number of aromatic nitrogens is 1. The van der Waals surface area contributed by atoms with E-state index in [-0.39, 0.29) is 21.1 Å². The summed E-state index contributed by atoms with van der Waals surface area (Å²) in [7, 11) is -3.58. The molecule has 0 aliphatic heterocycles. The van der Waals surface area contributed by atoms with Crippen molar-refractivity contribution in [3.05, 3.63) is 10.7 Å². The van der Waals surface area contributed by atoms with Gasteiger partial charge in [0.05, 0.1) is 12.3 Å². The third-order valence-corrected chi connectivity index (χ3v) is 5.37. The average Bonchev–Trinajstić information content (AvgIpc) is 2.98. The van der Waals surface area contributed by atoms with Gasteiger partial charge in [-0.15, -0.1) is 0 Å². The summed E-state index contributed by atoms with van der Waals surface area (Å²) in [5.41, 5.74) is 0. The Labute approximate surface area is 103 Å². The molecule has 1 aliphatic carbocycles. The molecule has 0 aromatic carbocycles. The van der Waals surface area contributed by atoms with Gasteiger partial charge in [-0.25, -0.2) is 18.1 Å². The Bertz CT molecular complexity index is 469. The summed E-state index contributed by atoms with van der Waals surface area (Å²) in [4.78, 5) is 3.66. The molecule has 2 rings (SSSR count). The van der Waals surface area contributed by atoms with E-state index in [1.54, 1.807) is 0 Å². The highest BCUT2D eigenvalue weighted by Crippen LogP contribution is 2.32. The molecule has 1 atom stereocenters. The molecule has 1 aromatic rings. The van der Waals surface area contributed by atoms with Crippen LogP contribution >= 0.6 is 22.9 Å². The Kier molecular flexibility index (Phi) is 3.50. The molecule has 16 heavy (non-hydrogen) atoms. The van der Waals surface area contributed by atoms with Crippen LogP contribution in [0.1, 0.15) is 12.8 Å². The van der Waals surface area contributed by atoms with Gasteiger partial charge in [-0.1, -0.05) is 22.9 Å². The van der Waals surface area contributed by atoms with Crippen LogP contribution in [-0.4, -0.2) is 31.2 Å². The Hall–Kier alpha value is -0.210. The SMILES string of the molecule is O=S(=O)(NCC(O)C1CC1)c1cnc(Cl)s1. The number of hydrogen-bond acceptors (Lipinski definition) is 5. The number of sulfonamides is 1. The normalized spacial score (nSPS) is 18.6. The van der Waals surface area contributed by atoms with Crippen molar-refractivity contribution in [2.24, 2.45) is 5.92 Å². The molecule has 1 fully saturated rings. The fourth-order valence-corrected chi connectivity index (χ4v) is 3.67. The average molecular weight is 283 g/mol. The van der Waals surface area contributed by atoms with E-state index < -0.39 is 16.1 Å². The van der Waals surface area contributed by atoms with Crippen molar-refractivity contribution in [1.29, 1.82) is 0 Å². The van der Waals surface area contributed by atoms with Crippen molar-refractivity contribution in [3.63, 3.8) is 0 Å². The number of rotatable bonds is 5. The summed E-state index contributed by atoms with van der Waals surface area (Å²) in [6, 6.07) is 0. The zero-order valence-electron chi connectivity index (χ0n) is 8.26. The number of nitrogens with zero attached hydrogens (tertiary/aromatic N) is 1. The van der Waals surface area contributed by atoms with Crippen LogP contribution in [0, 0.1) is 5.92 Å². The second kappa shape index (κ2) is 4.58. The molecule has 0 spiro atoms. The van der Waals surface area contributed by atoms with E-state index in [0.717, 1.165) is 24.2 Å². The van der Waals surface area contributed by atoms with Crippen molar-refractivity contribution in [3.8, 4) is 0 Å². The molecule has 0 amide bonds. The van der Waals surface area contributed by atoms with Gasteiger partial charge in [-0.05, 0) is 18.8 Å². The fourth-order valence-electron chi connectivity index (χ4n) is 1.28. The van der Waals surface area contributed by atoms with Gasteiger partial charge in [0.25, 0.3) is 10.0 Å². The Balaban J connectivity index is 1.97. The second-order valence-corrected chi connectivity index (χ2v) is 7.30. The molecule has 5 nitrogen and oxygen atoms in total. The van der Waals surface area contributed by atoms with Crippen LogP contribution < -0.4 is 4.72 Å². The van der Waals surface area contributed by atoms with E-state index in [4.69, 9.17) is 11.6 Å². The first kappa shape index (κ1) is 12.3. The predicted octanol–water partition coefficient (Wildman–Crippen LogP) is 0.846. The molecule has 2 N–H and O–H groups in total. The molecule has 8 heteroatoms. The molecule has 90 valence electrons. The third kappa shape index (κ3) is 2.92. The molecule has 0 saturated heterocycles. The lowest BCUT2D eigenvalue weighted by atomic mass is 10.2. The number of nitrogens with one attached hydrogen (secondary N) is 1. The smallest absolute Gasteiger partial charge is 0.251 e. The molecule has 1 aliphatic rings. The van der Waals surface area contributed by atoms with Gasteiger partial charge in [-0.3, -0.25) is 0 Å². The maximum absolute atomic E-state index is 11.7. The third-order valence-electron chi connectivity index (χ3n) is 2.37. The molecule has 1 heterocycles. The summed E-state index contributed by atoms with van der Waals surface area (Å²) in [6.07, 6.45) is 2.54. The monoisotopic (exact) mass is 282 g/mol. The van der Waals surface area contributed by atoms with Gasteiger partial charge in [-0.2, -0.15) is 0 Å². The second-order valence-electron chi connectivity index (χ2n) is 3.69. The number of hydrogen-bond donors (Lipinski definition) is 2. The highest BCUT2D eigenvalue weighted by Gasteiger charge is 2.30. The number of halogens is 1. The lowest BCUT2D eigenvalue weighted by molar-refractivity contribution is 0.155. The first-order valence-electron chi connectivity index (χ1n) is 4.78. The van der Waals surface area contributed by atoms with Crippen molar-refractivity contribution < 1.29 is 13.5 Å². The molecular weight excluding hydrogens is 272 g/mol. The van der Waals surface area contributed by atoms with Crippen LogP contribution in [0.3, 0.4) is 0 Å². The molecule has 1 unspecified atom stereocenters. The number of aliphatic hydroxyl groups excluding tert-OH is 1. The minimum Gasteiger partial charge on any atom is -0.391 e. The van der Waals surface area contributed by atoms with Crippen molar-refractivity contribution in [1.82, 2.24) is 9.71 Å². The van der Waals surface area contributed by atoms with E-state index in [1.165, 1.54) is 6.20 Å². The van der Waals surface area contributed by atoms with E-state index in [2.05, 4.69) is 9.71 Å². The zero-order valence-corrected chi connectivity index (χ0v) is 10.6. The van der Waals surface area contributed by atoms with Crippen LogP contribution in [0.15, 0.2) is 10.4 Å². The topological polar surface area (TPSA) is 79.3 Å². The predicted molar refractivity (Wildman–Crippen MR) is 61.0 cm³/mol. The van der Waals surface area contributed by atoms with Crippen LogP contribution in [-0.2, 0) is 10.0 Å². The fraction of sp³-hybridized carbons (Fsp3) is 0.625. The number of thiazole rings is 1. The Morgan fingerprint density at radius 2 is 2.38 bits per heavy atom. The van der Waals surface area contributed by atoms with E-state index >= 15 is 0 Å². The van der Waals surface area contributed by atoms with E-state index in [1.807, 2.05) is 0 Å². The van der Waals surface area contributed by atoms with Crippen LogP contribution in [0.25, 0.3) is 0 Å². The van der Waals surface area contributed by atoms with Gasteiger partial charge in [0.2, 0.25) is 0 Å². The lowest BCUT2D eigenvalue weighted by Crippen LogP contribution is -2.32. The standard InChI is InChI=1S/C8H11ClN2O3S2/c9-8-10-4-7(15-8)16(13,14)11-3-6(12)5-1-2-5/h4-6,11-12H,1-3H2. The van der Waals surface area contributed by atoms with Crippen molar-refractivity contribution in [2.75, 3.05) is 6.54 Å². The quantitative estimate of drug-likeness (QED) is 0.839. The van der Waals surface area contributed by atoms with Gasteiger partial charge in [0.15, 0.2) is 8.68 Å². The van der Waals surface area contributed by atoms with Crippen molar-refractivity contribution >= 4 is 33.0 Å². The highest BCUT2D eigenvalue weighted by atomic mass is 35.5. The van der Waals surface area contributed by atoms with Gasteiger partial charge in [0, 0.05) is 6.54 Å². The largest absolute Gasteiger partial charge is 0.391 e. The van der Waals surface area contributed by atoms with Crippen LogP contribution in [0.5, 0.6) is 0 Å². The summed E-state index contributed by atoms with van der Waals surface area (Å²) < 4.78 is 26.0. The summed E-state index contributed by atoms with van der Waals surface area (Å²) in [5.74, 6) is 0.243. The minimum atomic E-state index is -3.58. The summed E-state index contributed by atoms with van der Waals surface area (Å²) >= 11 is 6.45. The molecular formula is C8H11ClN2O3S2. The van der Waals surface area contributed by atoms with Crippen LogP contribution in [0.4, 0.5) is 0 Å².